The van der Waals surface area contributed by atoms with E-state index in [1.807, 2.05) is 0 Å². The third kappa shape index (κ3) is 2.72. The van der Waals surface area contributed by atoms with Gasteiger partial charge in [-0.25, -0.2) is 0 Å². The molecule has 0 bridgehead atoms. The molecule has 0 saturated carbocycles. The molecule has 1 unspecified atom stereocenters. The minimum atomic E-state index is -0.505. The number of rotatable bonds is 3. The Bertz CT molecular complexity index is 327. The van der Waals surface area contributed by atoms with Gasteiger partial charge >= 0.3 is 0 Å². The Kier molecular flexibility index (Phi) is 3.88. The number of hydrogen-bond acceptors (Lipinski definition) is 3. The monoisotopic (exact) mass is 223 g/mol. The van der Waals surface area contributed by atoms with Crippen molar-refractivity contribution in [1.29, 1.82) is 5.26 Å². The molecule has 0 aromatic carbocycles. The van der Waals surface area contributed by atoms with Crippen LogP contribution in [0.5, 0.6) is 0 Å². The quantitative estimate of drug-likeness (QED) is 0.739. The maximum absolute atomic E-state index is 11.7. The number of likely N-dealkylation sites (tertiary alicyclic amines) is 1. The number of carbonyl (C=O) groups excluding carboxylic acids is 2. The van der Waals surface area contributed by atoms with Crippen LogP contribution < -0.4 is 5.32 Å². The zero-order valence-corrected chi connectivity index (χ0v) is 9.86. The van der Waals surface area contributed by atoms with Gasteiger partial charge in [0.05, 0.1) is 12.0 Å². The fraction of sp³-hybridized carbons (Fsp3) is 0.727. The average molecular weight is 223 g/mol. The summed E-state index contributed by atoms with van der Waals surface area (Å²) in [5.74, 6) is -0.408. The Morgan fingerprint density at radius 1 is 1.38 bits per heavy atom. The predicted molar refractivity (Wildman–Crippen MR) is 58.1 cm³/mol. The van der Waals surface area contributed by atoms with E-state index < -0.39 is 6.04 Å². The lowest BCUT2D eigenvalue weighted by atomic mass is 10.0. The maximum atomic E-state index is 11.7. The highest BCUT2D eigenvalue weighted by Gasteiger charge is 2.33. The van der Waals surface area contributed by atoms with Crippen LogP contribution in [0, 0.1) is 23.2 Å². The lowest BCUT2D eigenvalue weighted by Gasteiger charge is -2.37. The van der Waals surface area contributed by atoms with Gasteiger partial charge in [-0.2, -0.15) is 5.26 Å². The highest BCUT2D eigenvalue weighted by atomic mass is 16.2. The zero-order valence-electron chi connectivity index (χ0n) is 9.86. The zero-order chi connectivity index (χ0) is 12.3. The summed E-state index contributed by atoms with van der Waals surface area (Å²) in [6, 6.07) is 1.60. The Hall–Kier alpha value is -1.57. The highest BCUT2D eigenvalue weighted by Crippen LogP contribution is 2.15. The van der Waals surface area contributed by atoms with Crippen LogP contribution >= 0.6 is 0 Å². The van der Waals surface area contributed by atoms with Crippen molar-refractivity contribution >= 4 is 11.8 Å². The van der Waals surface area contributed by atoms with E-state index in [0.29, 0.717) is 13.1 Å². The maximum Gasteiger partial charge on any atom is 0.244 e. The van der Waals surface area contributed by atoms with Crippen LogP contribution in [0.3, 0.4) is 0 Å². The lowest BCUT2D eigenvalue weighted by molar-refractivity contribution is -0.140. The van der Waals surface area contributed by atoms with Crippen molar-refractivity contribution < 1.29 is 9.59 Å². The van der Waals surface area contributed by atoms with Gasteiger partial charge in [0.15, 0.2) is 0 Å². The molecule has 0 radical (unpaired) electrons. The second-order valence-corrected chi connectivity index (χ2v) is 4.45. The number of nitrogens with one attached hydrogen (secondary N) is 1. The van der Waals surface area contributed by atoms with E-state index in [1.54, 1.807) is 25.7 Å². The van der Waals surface area contributed by atoms with Crippen molar-refractivity contribution in [2.45, 2.75) is 26.8 Å². The molecule has 1 heterocycles. The fourth-order valence-electron chi connectivity index (χ4n) is 1.46. The fourth-order valence-corrected chi connectivity index (χ4v) is 1.46. The summed E-state index contributed by atoms with van der Waals surface area (Å²) < 4.78 is 0. The number of nitrogens with zero attached hydrogens (tertiary/aromatic N) is 2. The van der Waals surface area contributed by atoms with Gasteiger partial charge in [-0.3, -0.25) is 9.59 Å². The standard InChI is InChI=1S/C11H17N3O2/c1-7(2)10(15)13-8(3)11(16)14-5-9(4-12)6-14/h7-9H,5-6H2,1-3H3,(H,13,15). The smallest absolute Gasteiger partial charge is 0.244 e. The molecule has 0 spiro atoms. The van der Waals surface area contributed by atoms with Crippen LogP contribution in [-0.4, -0.2) is 35.8 Å². The summed E-state index contributed by atoms with van der Waals surface area (Å²) in [6.07, 6.45) is 0. The third-order valence-electron chi connectivity index (χ3n) is 2.63. The molecule has 16 heavy (non-hydrogen) atoms. The minimum absolute atomic E-state index is 0.0445. The summed E-state index contributed by atoms with van der Waals surface area (Å²) in [4.78, 5) is 24.7. The molecular formula is C11H17N3O2. The first-order valence-electron chi connectivity index (χ1n) is 5.44. The Morgan fingerprint density at radius 3 is 2.38 bits per heavy atom. The molecule has 5 heteroatoms. The van der Waals surface area contributed by atoms with E-state index in [4.69, 9.17) is 5.26 Å². The third-order valence-corrected chi connectivity index (χ3v) is 2.63. The van der Waals surface area contributed by atoms with Crippen LogP contribution in [0.4, 0.5) is 0 Å². The molecule has 1 atom stereocenters. The molecule has 0 aromatic rings. The highest BCUT2D eigenvalue weighted by molar-refractivity contribution is 5.88. The van der Waals surface area contributed by atoms with Crippen molar-refractivity contribution in [3.63, 3.8) is 0 Å². The van der Waals surface area contributed by atoms with E-state index in [-0.39, 0.29) is 23.7 Å². The molecule has 0 aromatic heterocycles. The number of nitriles is 1. The average Bonchev–Trinajstić information content (AvgIpc) is 2.15. The van der Waals surface area contributed by atoms with Gasteiger partial charge in [0, 0.05) is 19.0 Å². The van der Waals surface area contributed by atoms with Crippen molar-refractivity contribution in [3.05, 3.63) is 0 Å². The van der Waals surface area contributed by atoms with Crippen molar-refractivity contribution in [1.82, 2.24) is 10.2 Å². The molecule has 2 amide bonds. The van der Waals surface area contributed by atoms with Crippen molar-refractivity contribution in [2.75, 3.05) is 13.1 Å². The van der Waals surface area contributed by atoms with E-state index in [9.17, 15) is 9.59 Å². The first kappa shape index (κ1) is 12.5. The summed E-state index contributed by atoms with van der Waals surface area (Å²) in [7, 11) is 0. The van der Waals surface area contributed by atoms with E-state index >= 15 is 0 Å². The first-order valence-corrected chi connectivity index (χ1v) is 5.44. The lowest BCUT2D eigenvalue weighted by Crippen LogP contribution is -2.56. The van der Waals surface area contributed by atoms with Gasteiger partial charge < -0.3 is 10.2 Å². The second-order valence-electron chi connectivity index (χ2n) is 4.45. The molecule has 1 fully saturated rings. The number of hydrogen-bond donors (Lipinski definition) is 1. The largest absolute Gasteiger partial charge is 0.344 e. The van der Waals surface area contributed by atoms with Crippen LogP contribution in [-0.2, 0) is 9.59 Å². The number of carbonyl (C=O) groups is 2. The van der Waals surface area contributed by atoms with Gasteiger partial charge in [-0.05, 0) is 6.92 Å². The SMILES string of the molecule is CC(C)C(=O)NC(C)C(=O)N1CC(C#N)C1. The van der Waals surface area contributed by atoms with E-state index in [1.165, 1.54) is 0 Å². The predicted octanol–water partition coefficient (Wildman–Crippen LogP) is 0.129. The molecule has 1 saturated heterocycles. The first-order chi connectivity index (χ1) is 7.45. The Morgan fingerprint density at radius 2 is 1.94 bits per heavy atom. The van der Waals surface area contributed by atoms with Gasteiger partial charge in [0.1, 0.15) is 6.04 Å². The van der Waals surface area contributed by atoms with Gasteiger partial charge in [-0.1, -0.05) is 13.8 Å². The van der Waals surface area contributed by atoms with Crippen LogP contribution in [0.15, 0.2) is 0 Å². The molecule has 1 rings (SSSR count). The summed E-state index contributed by atoms with van der Waals surface area (Å²) in [5, 5.41) is 11.2. The minimum Gasteiger partial charge on any atom is -0.344 e. The second kappa shape index (κ2) is 4.97. The molecular weight excluding hydrogens is 206 g/mol. The van der Waals surface area contributed by atoms with Crippen LogP contribution in [0.25, 0.3) is 0 Å². The summed E-state index contributed by atoms with van der Waals surface area (Å²) in [5.41, 5.74) is 0. The van der Waals surface area contributed by atoms with Gasteiger partial charge in [0.2, 0.25) is 11.8 Å². The van der Waals surface area contributed by atoms with Crippen LogP contribution in [0.2, 0.25) is 0 Å². The number of amides is 2. The topological polar surface area (TPSA) is 73.2 Å². The normalized spacial score (nSPS) is 17.6. The van der Waals surface area contributed by atoms with Crippen molar-refractivity contribution in [3.8, 4) is 6.07 Å². The van der Waals surface area contributed by atoms with Crippen molar-refractivity contribution in [2.24, 2.45) is 11.8 Å². The van der Waals surface area contributed by atoms with Crippen LogP contribution in [0.1, 0.15) is 20.8 Å². The molecule has 1 N–H and O–H groups in total. The van der Waals surface area contributed by atoms with Gasteiger partial charge in [-0.15, -0.1) is 0 Å². The molecule has 88 valence electrons. The molecule has 5 nitrogen and oxygen atoms in total. The Balaban J connectivity index is 2.38. The molecule has 0 aliphatic carbocycles. The Labute approximate surface area is 95.4 Å². The molecule has 1 aliphatic rings. The van der Waals surface area contributed by atoms with E-state index in [0.717, 1.165) is 0 Å². The van der Waals surface area contributed by atoms with Gasteiger partial charge in [0.25, 0.3) is 0 Å². The molecule has 1 aliphatic heterocycles. The van der Waals surface area contributed by atoms with E-state index in [2.05, 4.69) is 11.4 Å². The summed E-state index contributed by atoms with van der Waals surface area (Å²) >= 11 is 0. The summed E-state index contributed by atoms with van der Waals surface area (Å²) in [6.45, 7) is 6.19.